The second-order valence-electron chi connectivity index (χ2n) is 11.9. The Morgan fingerprint density at radius 1 is 1.19 bits per heavy atom. The Kier molecular flexibility index (Phi) is 6.89. The number of aryl methyl sites for hydroxylation is 1. The average molecular weight is 576 g/mol. The first kappa shape index (κ1) is 28.4. The topological polar surface area (TPSA) is 128 Å². The van der Waals surface area contributed by atoms with Gasteiger partial charge in [-0.2, -0.15) is 0 Å². The first-order valence-electron chi connectivity index (χ1n) is 14.5. The molecule has 2 atom stereocenters. The molecule has 0 spiro atoms. The normalized spacial score (nSPS) is 20.5. The van der Waals surface area contributed by atoms with Crippen LogP contribution in [0.25, 0.3) is 22.3 Å². The largest absolute Gasteiger partial charge is 0.377 e. The quantitative estimate of drug-likeness (QED) is 0.323. The van der Waals surface area contributed by atoms with Crippen LogP contribution in [0.5, 0.6) is 0 Å². The second kappa shape index (κ2) is 10.2. The van der Waals surface area contributed by atoms with Gasteiger partial charge in [0.1, 0.15) is 18.0 Å². The number of aliphatic hydroxyl groups is 1. The number of halogens is 1. The zero-order valence-corrected chi connectivity index (χ0v) is 24.2. The van der Waals surface area contributed by atoms with Gasteiger partial charge in [0.2, 0.25) is 5.91 Å². The maximum atomic E-state index is 15.1. The van der Waals surface area contributed by atoms with Gasteiger partial charge in [-0.05, 0) is 69.2 Å². The molecule has 0 saturated carbocycles. The minimum absolute atomic E-state index is 0.0865. The van der Waals surface area contributed by atoms with Crippen molar-refractivity contribution in [3.8, 4) is 11.4 Å². The number of ether oxygens (including phenoxy) is 1. The Balaban J connectivity index is 1.49. The molecule has 0 fully saturated rings. The lowest BCUT2D eigenvalue weighted by atomic mass is 9.77. The van der Waals surface area contributed by atoms with Crippen LogP contribution in [0.4, 0.5) is 4.39 Å². The van der Waals surface area contributed by atoms with E-state index >= 15 is 4.39 Å². The third kappa shape index (κ3) is 4.31. The third-order valence-electron chi connectivity index (χ3n) is 9.03. The molecule has 2 aromatic heterocycles. The lowest BCUT2D eigenvalue weighted by Crippen LogP contribution is -2.43. The molecule has 1 aliphatic heterocycles. The van der Waals surface area contributed by atoms with Gasteiger partial charge in [-0.1, -0.05) is 6.92 Å². The lowest BCUT2D eigenvalue weighted by Gasteiger charge is -2.32. The maximum absolute atomic E-state index is 15.1. The fourth-order valence-corrected chi connectivity index (χ4v) is 6.82. The number of fused-ring (bicyclic) bond motifs is 5. The number of nitrogens with one attached hydrogen (secondary N) is 1. The minimum Gasteiger partial charge on any atom is -0.377 e. The SMILES string of the molecule is CC[C@@]1(O)C(=O)CCc2c1cc1n(c2=O)Cc2c-1nc1cc(F)c(C)c3c1c2[C@@H](NC(=O)CC(=O)COC(C)C)CC3. The summed E-state index contributed by atoms with van der Waals surface area (Å²) in [7, 11) is 0. The molecule has 0 radical (unpaired) electrons. The molecule has 6 rings (SSSR count). The number of benzene rings is 1. The number of carbonyl (C=O) groups is 3. The highest BCUT2D eigenvalue weighted by molar-refractivity contribution is 5.99. The summed E-state index contributed by atoms with van der Waals surface area (Å²) in [4.78, 5) is 56.8. The number of Topliss-reactive ketones (excluding diaryl/α,β-unsaturated/α-hetero) is 2. The number of nitrogens with zero attached hydrogens (tertiary/aromatic N) is 2. The first-order valence-corrected chi connectivity index (χ1v) is 14.5. The molecular formula is C32H34FN3O6. The zero-order chi connectivity index (χ0) is 30.1. The predicted molar refractivity (Wildman–Crippen MR) is 153 cm³/mol. The standard InChI is InChI=1S/C32H34FN3O6/c1-5-32(41)21-11-25-30-20(13-36(25)31(40)19(21)7-9-26(32)38)29-23(34-27(39)10-17(37)14-42-15(2)3)8-6-18-16(4)22(33)12-24(35-30)28(18)29/h11-12,15,23,41H,5-10,13-14H2,1-4H3,(H,34,39)/t23-,32-/m0/s1. The first-order chi connectivity index (χ1) is 19.9. The van der Waals surface area contributed by atoms with E-state index in [2.05, 4.69) is 5.32 Å². The Bertz CT molecular complexity index is 1760. The summed E-state index contributed by atoms with van der Waals surface area (Å²) in [6, 6.07) is 2.57. The monoisotopic (exact) mass is 575 g/mol. The second-order valence-corrected chi connectivity index (χ2v) is 11.9. The van der Waals surface area contributed by atoms with E-state index in [4.69, 9.17) is 9.72 Å². The number of aromatic nitrogens is 2. The van der Waals surface area contributed by atoms with Crippen LogP contribution >= 0.6 is 0 Å². The predicted octanol–water partition coefficient (Wildman–Crippen LogP) is 3.47. The minimum atomic E-state index is -1.76. The van der Waals surface area contributed by atoms with E-state index in [1.165, 1.54) is 6.07 Å². The van der Waals surface area contributed by atoms with E-state index in [1.54, 1.807) is 24.5 Å². The van der Waals surface area contributed by atoms with Gasteiger partial charge in [0.15, 0.2) is 11.6 Å². The van der Waals surface area contributed by atoms with E-state index < -0.39 is 17.6 Å². The molecule has 0 unspecified atom stereocenters. The molecule has 10 heteroatoms. The lowest BCUT2D eigenvalue weighted by molar-refractivity contribution is -0.140. The van der Waals surface area contributed by atoms with Crippen LogP contribution < -0.4 is 10.9 Å². The Morgan fingerprint density at radius 3 is 2.67 bits per heavy atom. The van der Waals surface area contributed by atoms with Gasteiger partial charge in [0.05, 0.1) is 42.0 Å². The van der Waals surface area contributed by atoms with Crippen molar-refractivity contribution in [2.24, 2.45) is 0 Å². The molecule has 3 aromatic rings. The van der Waals surface area contributed by atoms with Crippen molar-refractivity contribution in [3.63, 3.8) is 0 Å². The van der Waals surface area contributed by atoms with Crippen molar-refractivity contribution >= 4 is 28.4 Å². The number of hydrogen-bond donors (Lipinski definition) is 2. The summed E-state index contributed by atoms with van der Waals surface area (Å²) < 4.78 is 22.0. The fourth-order valence-electron chi connectivity index (χ4n) is 6.82. The highest BCUT2D eigenvalue weighted by Gasteiger charge is 2.44. The molecule has 1 amide bonds. The van der Waals surface area contributed by atoms with Crippen molar-refractivity contribution in [1.29, 1.82) is 0 Å². The number of hydrogen-bond acceptors (Lipinski definition) is 7. The summed E-state index contributed by atoms with van der Waals surface area (Å²) in [5, 5.41) is 15.1. The zero-order valence-electron chi connectivity index (χ0n) is 24.2. The van der Waals surface area contributed by atoms with Crippen molar-refractivity contribution < 1.29 is 28.6 Å². The molecular weight excluding hydrogens is 541 g/mol. The van der Waals surface area contributed by atoms with Crippen LogP contribution in [0.3, 0.4) is 0 Å². The summed E-state index contributed by atoms with van der Waals surface area (Å²) >= 11 is 0. The molecule has 1 aromatic carbocycles. The summed E-state index contributed by atoms with van der Waals surface area (Å²) in [6.45, 7) is 7.10. The van der Waals surface area contributed by atoms with Crippen LogP contribution in [-0.4, -0.2) is 44.8 Å². The highest BCUT2D eigenvalue weighted by Crippen LogP contribution is 2.46. The average Bonchev–Trinajstić information content (AvgIpc) is 3.32. The molecule has 220 valence electrons. The molecule has 3 heterocycles. The van der Waals surface area contributed by atoms with Crippen molar-refractivity contribution in [1.82, 2.24) is 14.9 Å². The maximum Gasteiger partial charge on any atom is 0.254 e. The van der Waals surface area contributed by atoms with Gasteiger partial charge in [-0.15, -0.1) is 0 Å². The molecule has 0 bridgehead atoms. The Hall–Kier alpha value is -3.76. The molecule has 0 saturated heterocycles. The molecule has 42 heavy (non-hydrogen) atoms. The number of pyridine rings is 2. The molecule has 3 aliphatic rings. The number of ketones is 2. The molecule has 2 N–H and O–H groups in total. The van der Waals surface area contributed by atoms with E-state index in [1.807, 2.05) is 13.8 Å². The highest BCUT2D eigenvalue weighted by atomic mass is 19.1. The fraction of sp³-hybridized carbons (Fsp3) is 0.469. The van der Waals surface area contributed by atoms with Crippen LogP contribution in [0, 0.1) is 12.7 Å². The number of carbonyl (C=O) groups excluding carboxylic acids is 3. The number of rotatable bonds is 7. The van der Waals surface area contributed by atoms with Gasteiger partial charge in [0, 0.05) is 34.6 Å². The van der Waals surface area contributed by atoms with Gasteiger partial charge in [-0.25, -0.2) is 9.37 Å². The molecule has 2 aliphatic carbocycles. The Morgan fingerprint density at radius 2 is 1.95 bits per heavy atom. The van der Waals surface area contributed by atoms with Crippen LogP contribution in [0.15, 0.2) is 16.9 Å². The summed E-state index contributed by atoms with van der Waals surface area (Å²) in [6.07, 6.45) is 0.996. The summed E-state index contributed by atoms with van der Waals surface area (Å²) in [5.74, 6) is -1.48. The Labute approximate surface area is 242 Å². The van der Waals surface area contributed by atoms with E-state index in [0.29, 0.717) is 46.4 Å². The smallest absolute Gasteiger partial charge is 0.254 e. The van der Waals surface area contributed by atoms with E-state index in [9.17, 15) is 24.3 Å². The van der Waals surface area contributed by atoms with Crippen molar-refractivity contribution in [2.75, 3.05) is 6.61 Å². The van der Waals surface area contributed by atoms with Gasteiger partial charge in [0.25, 0.3) is 5.56 Å². The van der Waals surface area contributed by atoms with Gasteiger partial charge < -0.3 is 19.7 Å². The van der Waals surface area contributed by atoms with Crippen LogP contribution in [0.2, 0.25) is 0 Å². The van der Waals surface area contributed by atoms with E-state index in [-0.39, 0.29) is 67.9 Å². The molecule has 9 nitrogen and oxygen atoms in total. The van der Waals surface area contributed by atoms with Gasteiger partial charge in [-0.3, -0.25) is 19.2 Å². The number of amides is 1. The van der Waals surface area contributed by atoms with E-state index in [0.717, 1.165) is 22.1 Å². The van der Waals surface area contributed by atoms with Crippen LogP contribution in [-0.2, 0) is 44.1 Å². The van der Waals surface area contributed by atoms with Gasteiger partial charge >= 0.3 is 0 Å². The van der Waals surface area contributed by atoms with Crippen molar-refractivity contribution in [2.45, 2.75) is 90.5 Å². The van der Waals surface area contributed by atoms with Crippen molar-refractivity contribution in [3.05, 3.63) is 61.7 Å². The summed E-state index contributed by atoms with van der Waals surface area (Å²) in [5.41, 5.74) is 2.84. The third-order valence-corrected chi connectivity index (χ3v) is 9.03. The van der Waals surface area contributed by atoms with Crippen LogP contribution in [0.1, 0.15) is 85.9 Å².